The molecular formula is C24H26ClFN2O. The van der Waals surface area contributed by atoms with Crippen molar-refractivity contribution < 1.29 is 8.91 Å². The van der Waals surface area contributed by atoms with E-state index in [4.69, 9.17) is 4.52 Å². The standard InChI is InChI=1S/C24H25FN2O.ClH/c1-15-3-5-16(6-4-15)20-13-19-11-12-22(27(19)2)24(20)23-14-21(26-28-23)17-7-9-18(25)10-8-17;/h3-10,14,19-20,22,24H,11-13H2,1-2H3;1H/t19?,20-,22?,24+;/m1./s1. The first-order valence-corrected chi connectivity index (χ1v) is 10.1. The monoisotopic (exact) mass is 412 g/mol. The van der Waals surface area contributed by atoms with Gasteiger partial charge in [-0.25, -0.2) is 4.39 Å². The normalized spacial score (nSPS) is 26.3. The third kappa shape index (κ3) is 3.60. The minimum Gasteiger partial charge on any atom is -0.360 e. The fourth-order valence-electron chi connectivity index (χ4n) is 5.21. The van der Waals surface area contributed by atoms with Gasteiger partial charge in [-0.2, -0.15) is 0 Å². The molecule has 0 aliphatic carbocycles. The molecule has 0 radical (unpaired) electrons. The highest BCUT2D eigenvalue weighted by molar-refractivity contribution is 5.85. The van der Waals surface area contributed by atoms with Gasteiger partial charge in [-0.1, -0.05) is 35.0 Å². The minimum atomic E-state index is -0.238. The Hall–Kier alpha value is -2.17. The lowest BCUT2D eigenvalue weighted by Crippen LogP contribution is -2.44. The zero-order valence-electron chi connectivity index (χ0n) is 16.7. The molecule has 5 rings (SSSR count). The van der Waals surface area contributed by atoms with Crippen LogP contribution in [-0.2, 0) is 0 Å². The first-order chi connectivity index (χ1) is 13.6. The largest absolute Gasteiger partial charge is 0.360 e. The first-order valence-electron chi connectivity index (χ1n) is 10.1. The molecule has 4 atom stereocenters. The van der Waals surface area contributed by atoms with Gasteiger partial charge in [0.1, 0.15) is 17.3 Å². The molecule has 152 valence electrons. The zero-order chi connectivity index (χ0) is 19.3. The number of hydrogen-bond acceptors (Lipinski definition) is 3. The van der Waals surface area contributed by atoms with Crippen molar-refractivity contribution in [3.8, 4) is 11.3 Å². The number of fused-ring (bicyclic) bond motifs is 2. The van der Waals surface area contributed by atoms with Crippen LogP contribution < -0.4 is 0 Å². The van der Waals surface area contributed by atoms with Crippen molar-refractivity contribution in [3.63, 3.8) is 0 Å². The lowest BCUT2D eigenvalue weighted by Gasteiger charge is -2.42. The van der Waals surface area contributed by atoms with Gasteiger partial charge in [-0.05, 0) is 69.0 Å². The lowest BCUT2D eigenvalue weighted by atomic mass is 9.74. The average molecular weight is 413 g/mol. The Labute approximate surface area is 177 Å². The summed E-state index contributed by atoms with van der Waals surface area (Å²) in [4.78, 5) is 2.54. The number of likely N-dealkylation sites (N-methyl/N-ethyl adjacent to an activating group) is 1. The van der Waals surface area contributed by atoms with Crippen molar-refractivity contribution in [1.29, 1.82) is 0 Å². The van der Waals surface area contributed by atoms with Crippen LogP contribution in [0.3, 0.4) is 0 Å². The molecule has 2 bridgehead atoms. The molecule has 5 heteroatoms. The van der Waals surface area contributed by atoms with Crippen LogP contribution in [0, 0.1) is 12.7 Å². The molecule has 3 heterocycles. The predicted octanol–water partition coefficient (Wildman–Crippen LogP) is 5.94. The summed E-state index contributed by atoms with van der Waals surface area (Å²) in [5, 5.41) is 4.32. The van der Waals surface area contributed by atoms with Crippen LogP contribution in [0.4, 0.5) is 4.39 Å². The maximum Gasteiger partial charge on any atom is 0.142 e. The summed E-state index contributed by atoms with van der Waals surface area (Å²) < 4.78 is 19.2. The molecule has 0 N–H and O–H groups in total. The summed E-state index contributed by atoms with van der Waals surface area (Å²) in [5.74, 6) is 1.43. The fourth-order valence-corrected chi connectivity index (χ4v) is 5.21. The fraction of sp³-hybridized carbons (Fsp3) is 0.375. The maximum absolute atomic E-state index is 13.3. The number of rotatable bonds is 3. The van der Waals surface area contributed by atoms with Crippen LogP contribution in [0.1, 0.15) is 48.0 Å². The van der Waals surface area contributed by atoms with Gasteiger partial charge in [-0.3, -0.25) is 4.90 Å². The molecule has 3 nitrogen and oxygen atoms in total. The Kier molecular flexibility index (Phi) is 5.50. The van der Waals surface area contributed by atoms with Crippen molar-refractivity contribution in [2.45, 2.75) is 50.1 Å². The Bertz CT molecular complexity index is 969. The van der Waals surface area contributed by atoms with E-state index in [1.54, 1.807) is 12.1 Å². The highest BCUT2D eigenvalue weighted by atomic mass is 35.5. The summed E-state index contributed by atoms with van der Waals surface area (Å²) in [7, 11) is 2.25. The second kappa shape index (κ2) is 7.92. The number of piperidine rings is 1. The molecule has 2 aromatic carbocycles. The van der Waals surface area contributed by atoms with E-state index in [-0.39, 0.29) is 24.1 Å². The van der Waals surface area contributed by atoms with Crippen molar-refractivity contribution in [2.75, 3.05) is 7.05 Å². The van der Waals surface area contributed by atoms with Gasteiger partial charge in [0.25, 0.3) is 0 Å². The second-order valence-corrected chi connectivity index (χ2v) is 8.36. The highest BCUT2D eigenvalue weighted by Crippen LogP contribution is 2.51. The van der Waals surface area contributed by atoms with E-state index in [2.05, 4.69) is 54.4 Å². The predicted molar refractivity (Wildman–Crippen MR) is 115 cm³/mol. The van der Waals surface area contributed by atoms with Crippen molar-refractivity contribution in [2.24, 2.45) is 0 Å². The Morgan fingerprint density at radius 3 is 2.48 bits per heavy atom. The molecule has 2 saturated heterocycles. The molecule has 29 heavy (non-hydrogen) atoms. The smallest absolute Gasteiger partial charge is 0.142 e. The minimum absolute atomic E-state index is 0. The Morgan fingerprint density at radius 1 is 1.03 bits per heavy atom. The molecule has 2 fully saturated rings. The summed E-state index contributed by atoms with van der Waals surface area (Å²) in [6, 6.07) is 18.6. The quantitative estimate of drug-likeness (QED) is 0.532. The number of benzene rings is 2. The van der Waals surface area contributed by atoms with Crippen molar-refractivity contribution in [3.05, 3.63) is 77.3 Å². The van der Waals surface area contributed by atoms with Crippen LogP contribution in [0.25, 0.3) is 11.3 Å². The van der Waals surface area contributed by atoms with E-state index in [1.165, 1.54) is 36.1 Å². The van der Waals surface area contributed by atoms with E-state index >= 15 is 0 Å². The third-order valence-electron chi connectivity index (χ3n) is 6.77. The van der Waals surface area contributed by atoms with Crippen molar-refractivity contribution >= 4 is 12.4 Å². The summed E-state index contributed by atoms with van der Waals surface area (Å²) >= 11 is 0. The zero-order valence-corrected chi connectivity index (χ0v) is 17.5. The number of aromatic nitrogens is 1. The molecule has 0 spiro atoms. The van der Waals surface area contributed by atoms with Gasteiger partial charge < -0.3 is 4.52 Å². The average Bonchev–Trinajstić information content (AvgIpc) is 3.26. The molecule has 2 aliphatic heterocycles. The summed E-state index contributed by atoms with van der Waals surface area (Å²) in [6.45, 7) is 2.13. The third-order valence-corrected chi connectivity index (χ3v) is 6.77. The van der Waals surface area contributed by atoms with E-state index in [1.807, 2.05) is 0 Å². The summed E-state index contributed by atoms with van der Waals surface area (Å²) in [6.07, 6.45) is 3.59. The number of halogens is 2. The second-order valence-electron chi connectivity index (χ2n) is 8.36. The van der Waals surface area contributed by atoms with Crippen LogP contribution in [0.2, 0.25) is 0 Å². The number of aryl methyl sites for hydroxylation is 1. The number of nitrogens with zero attached hydrogens (tertiary/aromatic N) is 2. The Balaban J connectivity index is 0.00000205. The van der Waals surface area contributed by atoms with Gasteiger partial charge in [0.05, 0.1) is 0 Å². The maximum atomic E-state index is 13.3. The van der Waals surface area contributed by atoms with Crippen molar-refractivity contribution in [1.82, 2.24) is 10.1 Å². The van der Waals surface area contributed by atoms with Gasteiger partial charge in [0.15, 0.2) is 0 Å². The van der Waals surface area contributed by atoms with Gasteiger partial charge >= 0.3 is 0 Å². The molecule has 3 aromatic rings. The SMILES string of the molecule is Cc1ccc([C@H]2CC3CCC([C@H]2c2cc(-c4ccc(F)cc4)no2)N3C)cc1.Cl. The van der Waals surface area contributed by atoms with Crippen LogP contribution >= 0.6 is 12.4 Å². The van der Waals surface area contributed by atoms with E-state index in [0.29, 0.717) is 18.0 Å². The molecule has 0 saturated carbocycles. The topological polar surface area (TPSA) is 29.3 Å². The molecule has 0 amide bonds. The Morgan fingerprint density at radius 2 is 1.76 bits per heavy atom. The first kappa shape index (κ1) is 20.1. The van der Waals surface area contributed by atoms with E-state index in [0.717, 1.165) is 23.4 Å². The molecular weight excluding hydrogens is 387 g/mol. The highest BCUT2D eigenvalue weighted by Gasteiger charge is 2.48. The number of hydrogen-bond donors (Lipinski definition) is 0. The van der Waals surface area contributed by atoms with E-state index in [9.17, 15) is 4.39 Å². The lowest BCUT2D eigenvalue weighted by molar-refractivity contribution is 0.122. The van der Waals surface area contributed by atoms with Crippen LogP contribution in [-0.4, -0.2) is 29.2 Å². The van der Waals surface area contributed by atoms with Crippen LogP contribution in [0.15, 0.2) is 59.1 Å². The molecule has 2 unspecified atom stereocenters. The van der Waals surface area contributed by atoms with Gasteiger partial charge in [0, 0.05) is 29.6 Å². The molecule has 1 aromatic heterocycles. The summed E-state index contributed by atoms with van der Waals surface area (Å²) in [5.41, 5.74) is 4.34. The van der Waals surface area contributed by atoms with Gasteiger partial charge in [-0.15, -0.1) is 12.4 Å². The van der Waals surface area contributed by atoms with Crippen LogP contribution in [0.5, 0.6) is 0 Å². The van der Waals surface area contributed by atoms with E-state index < -0.39 is 0 Å². The molecule has 2 aliphatic rings. The van der Waals surface area contributed by atoms with Gasteiger partial charge in [0.2, 0.25) is 0 Å².